The third kappa shape index (κ3) is 2.98. The summed E-state index contributed by atoms with van der Waals surface area (Å²) in [7, 11) is 0. The lowest BCUT2D eigenvalue weighted by atomic mass is 10.1. The number of likely N-dealkylation sites (tertiary alicyclic amines) is 1. The van der Waals surface area contributed by atoms with E-state index in [4.69, 9.17) is 4.98 Å². The lowest BCUT2D eigenvalue weighted by molar-refractivity contribution is -0.147. The first kappa shape index (κ1) is 18.6. The molecule has 1 saturated heterocycles. The van der Waals surface area contributed by atoms with Crippen molar-refractivity contribution in [3.63, 3.8) is 0 Å². The number of imidazole rings is 1. The van der Waals surface area contributed by atoms with Gasteiger partial charge in [-0.2, -0.15) is 0 Å². The van der Waals surface area contributed by atoms with E-state index in [1.807, 2.05) is 53.4 Å². The van der Waals surface area contributed by atoms with Gasteiger partial charge in [0, 0.05) is 30.2 Å². The van der Waals surface area contributed by atoms with Crippen molar-refractivity contribution >= 4 is 22.5 Å². The molecule has 7 heteroatoms. The molecule has 2 aromatic carbocycles. The minimum atomic E-state index is -1.05. The molecule has 152 valence electrons. The molecule has 1 fully saturated rings. The molecule has 1 aliphatic rings. The van der Waals surface area contributed by atoms with Gasteiger partial charge in [-0.05, 0) is 25.0 Å². The Balaban J connectivity index is 1.80. The molecule has 30 heavy (non-hydrogen) atoms. The summed E-state index contributed by atoms with van der Waals surface area (Å²) < 4.78 is 2.89. The summed E-state index contributed by atoms with van der Waals surface area (Å²) in [6, 6.07) is 17.0. The number of aromatic nitrogens is 3. The third-order valence-electron chi connectivity index (χ3n) is 5.79. The van der Waals surface area contributed by atoms with E-state index in [9.17, 15) is 14.7 Å². The van der Waals surface area contributed by atoms with Gasteiger partial charge in [-0.1, -0.05) is 48.9 Å². The molecule has 1 unspecified atom stereocenters. The standard InChI is InChI=1S/C23H22N4O3/c28-22(29)21(25-13-7-2-8-14-25)27-19-12-6-5-11-17(19)20-24-18(15-26(20)23(27)30)16-9-3-1-4-10-16/h1,3-6,9-12,15,21H,2,7-8,13-14H2,(H,28,29). The highest BCUT2D eigenvalue weighted by Crippen LogP contribution is 2.27. The molecule has 4 aromatic rings. The van der Waals surface area contributed by atoms with E-state index < -0.39 is 17.8 Å². The Morgan fingerprint density at radius 3 is 2.40 bits per heavy atom. The minimum absolute atomic E-state index is 0.392. The Bertz CT molecular complexity index is 1290. The number of nitrogens with zero attached hydrogens (tertiary/aromatic N) is 4. The molecule has 0 bridgehead atoms. The lowest BCUT2D eigenvalue weighted by Gasteiger charge is -2.33. The summed E-state index contributed by atoms with van der Waals surface area (Å²) >= 11 is 0. The van der Waals surface area contributed by atoms with E-state index in [-0.39, 0.29) is 0 Å². The average molecular weight is 402 g/mol. The third-order valence-corrected chi connectivity index (χ3v) is 5.79. The van der Waals surface area contributed by atoms with Crippen LogP contribution < -0.4 is 5.69 Å². The number of hydrogen-bond donors (Lipinski definition) is 1. The van der Waals surface area contributed by atoms with Gasteiger partial charge in [0.1, 0.15) is 0 Å². The van der Waals surface area contributed by atoms with Gasteiger partial charge in [0.15, 0.2) is 11.8 Å². The first-order valence-electron chi connectivity index (χ1n) is 10.2. The number of para-hydroxylation sites is 1. The maximum absolute atomic E-state index is 13.6. The monoisotopic (exact) mass is 402 g/mol. The van der Waals surface area contributed by atoms with Crippen molar-refractivity contribution in [2.45, 2.75) is 25.4 Å². The van der Waals surface area contributed by atoms with E-state index in [0.717, 1.165) is 30.2 Å². The zero-order valence-electron chi connectivity index (χ0n) is 16.4. The number of piperidine rings is 1. The topological polar surface area (TPSA) is 79.8 Å². The van der Waals surface area contributed by atoms with E-state index in [0.29, 0.717) is 29.9 Å². The fourth-order valence-corrected chi connectivity index (χ4v) is 4.39. The van der Waals surface area contributed by atoms with Gasteiger partial charge < -0.3 is 5.11 Å². The first-order chi connectivity index (χ1) is 14.6. The smallest absolute Gasteiger partial charge is 0.342 e. The van der Waals surface area contributed by atoms with Crippen molar-refractivity contribution in [3.8, 4) is 11.3 Å². The molecule has 0 spiro atoms. The molecular weight excluding hydrogens is 380 g/mol. The fraction of sp³-hybridized carbons (Fsp3) is 0.261. The van der Waals surface area contributed by atoms with Crippen molar-refractivity contribution in [1.82, 2.24) is 18.9 Å². The molecule has 5 rings (SSSR count). The van der Waals surface area contributed by atoms with Crippen molar-refractivity contribution in [2.24, 2.45) is 0 Å². The molecule has 0 amide bonds. The summed E-state index contributed by atoms with van der Waals surface area (Å²) in [4.78, 5) is 32.5. The van der Waals surface area contributed by atoms with Crippen LogP contribution in [0.25, 0.3) is 27.8 Å². The quantitative estimate of drug-likeness (QED) is 0.566. The highest BCUT2D eigenvalue weighted by Gasteiger charge is 2.31. The van der Waals surface area contributed by atoms with Gasteiger partial charge in [-0.15, -0.1) is 0 Å². The number of aliphatic carboxylic acids is 1. The van der Waals surface area contributed by atoms with Crippen LogP contribution in [-0.4, -0.2) is 43.0 Å². The Morgan fingerprint density at radius 2 is 1.67 bits per heavy atom. The Morgan fingerprint density at radius 1 is 0.967 bits per heavy atom. The van der Waals surface area contributed by atoms with E-state index in [1.165, 1.54) is 8.97 Å². The SMILES string of the molecule is O=C(O)C(N1CCCCC1)n1c(=O)n2cc(-c3ccccc3)nc2c2ccccc21. The first-order valence-corrected chi connectivity index (χ1v) is 10.2. The van der Waals surface area contributed by atoms with E-state index in [2.05, 4.69) is 0 Å². The second kappa shape index (κ2) is 7.42. The highest BCUT2D eigenvalue weighted by molar-refractivity contribution is 5.93. The number of fused-ring (bicyclic) bond motifs is 3. The second-order valence-corrected chi connectivity index (χ2v) is 7.66. The molecule has 3 heterocycles. The molecule has 2 aromatic heterocycles. The van der Waals surface area contributed by atoms with E-state index in [1.54, 1.807) is 12.3 Å². The van der Waals surface area contributed by atoms with Crippen LogP contribution in [0.1, 0.15) is 25.4 Å². The maximum Gasteiger partial charge on any atom is 0.342 e. The number of carboxylic acids is 1. The summed E-state index contributed by atoms with van der Waals surface area (Å²) in [6.07, 6.45) is 3.60. The minimum Gasteiger partial charge on any atom is -0.479 e. The van der Waals surface area contributed by atoms with Crippen LogP contribution in [0.15, 0.2) is 65.6 Å². The summed E-state index contributed by atoms with van der Waals surface area (Å²) in [6.45, 7) is 1.32. The predicted octanol–water partition coefficient (Wildman–Crippen LogP) is 3.39. The van der Waals surface area contributed by atoms with Crippen molar-refractivity contribution < 1.29 is 9.90 Å². The van der Waals surface area contributed by atoms with Crippen LogP contribution in [0, 0.1) is 0 Å². The Labute approximate surface area is 172 Å². The summed E-state index contributed by atoms with van der Waals surface area (Å²) in [5.74, 6) is -1.02. The van der Waals surface area contributed by atoms with Crippen LogP contribution in [0.4, 0.5) is 0 Å². The van der Waals surface area contributed by atoms with Crippen LogP contribution in [0.5, 0.6) is 0 Å². The molecule has 0 radical (unpaired) electrons. The zero-order valence-corrected chi connectivity index (χ0v) is 16.4. The number of rotatable bonds is 4. The van der Waals surface area contributed by atoms with Crippen LogP contribution in [0.2, 0.25) is 0 Å². The van der Waals surface area contributed by atoms with Crippen molar-refractivity contribution in [1.29, 1.82) is 0 Å². The number of hydrogen-bond acceptors (Lipinski definition) is 4. The van der Waals surface area contributed by atoms with Crippen molar-refractivity contribution in [2.75, 3.05) is 13.1 Å². The summed E-state index contributed by atoms with van der Waals surface area (Å²) in [5.41, 5.74) is 2.31. The largest absolute Gasteiger partial charge is 0.479 e. The lowest BCUT2D eigenvalue weighted by Crippen LogP contribution is -2.46. The second-order valence-electron chi connectivity index (χ2n) is 7.66. The average Bonchev–Trinajstić information content (AvgIpc) is 3.24. The van der Waals surface area contributed by atoms with Gasteiger partial charge in [-0.3, -0.25) is 13.9 Å². The molecular formula is C23H22N4O3. The molecule has 7 nitrogen and oxygen atoms in total. The predicted molar refractivity (Wildman–Crippen MR) is 114 cm³/mol. The van der Waals surface area contributed by atoms with Crippen LogP contribution >= 0.6 is 0 Å². The van der Waals surface area contributed by atoms with E-state index >= 15 is 0 Å². The Kier molecular flexibility index (Phi) is 4.59. The van der Waals surface area contributed by atoms with Gasteiger partial charge in [-0.25, -0.2) is 14.6 Å². The number of benzene rings is 2. The highest BCUT2D eigenvalue weighted by atomic mass is 16.4. The molecule has 0 aliphatic carbocycles. The Hall–Kier alpha value is -3.45. The molecule has 0 saturated carbocycles. The van der Waals surface area contributed by atoms with Gasteiger partial charge in [0.25, 0.3) is 0 Å². The normalized spacial score (nSPS) is 16.1. The number of carboxylic acid groups (broad SMARTS) is 1. The van der Waals surface area contributed by atoms with Gasteiger partial charge >= 0.3 is 11.7 Å². The molecule has 1 N–H and O–H groups in total. The number of carbonyl (C=O) groups is 1. The molecule has 1 atom stereocenters. The van der Waals surface area contributed by atoms with Crippen molar-refractivity contribution in [3.05, 3.63) is 71.3 Å². The fourth-order valence-electron chi connectivity index (χ4n) is 4.39. The maximum atomic E-state index is 13.6. The van der Waals surface area contributed by atoms with Gasteiger partial charge in [0.2, 0.25) is 0 Å². The van der Waals surface area contributed by atoms with Crippen LogP contribution in [0.3, 0.4) is 0 Å². The zero-order chi connectivity index (χ0) is 20.7. The molecule has 1 aliphatic heterocycles. The summed E-state index contributed by atoms with van der Waals surface area (Å²) in [5, 5.41) is 10.8. The van der Waals surface area contributed by atoms with Crippen LogP contribution in [-0.2, 0) is 4.79 Å². The van der Waals surface area contributed by atoms with Gasteiger partial charge in [0.05, 0.1) is 11.2 Å².